The van der Waals surface area contributed by atoms with Gasteiger partial charge in [-0.3, -0.25) is 4.79 Å². The maximum absolute atomic E-state index is 12.2. The number of nitrogens with zero attached hydrogens (tertiary/aromatic N) is 2. The van der Waals surface area contributed by atoms with Crippen LogP contribution in [-0.2, 0) is 4.79 Å². The first kappa shape index (κ1) is 18.6. The summed E-state index contributed by atoms with van der Waals surface area (Å²) >= 11 is 0. The number of likely N-dealkylation sites (N-methyl/N-ethyl adjacent to an activating group) is 1. The standard InChI is InChI=1S/C18H24N2O3/c1-4-6-12-20(5-2)18(21)10-8-15-7-9-16(23-13-11-19)17(14-15)22-3/h7-10,14H,4-6,12-13H2,1-3H3. The van der Waals surface area contributed by atoms with Crippen molar-refractivity contribution in [2.24, 2.45) is 0 Å². The average molecular weight is 316 g/mol. The molecular weight excluding hydrogens is 292 g/mol. The van der Waals surface area contributed by atoms with Gasteiger partial charge in [-0.05, 0) is 37.1 Å². The van der Waals surface area contributed by atoms with Gasteiger partial charge in [0.15, 0.2) is 18.1 Å². The van der Waals surface area contributed by atoms with Crippen LogP contribution in [0.15, 0.2) is 24.3 Å². The first-order valence-corrected chi connectivity index (χ1v) is 7.81. The number of rotatable bonds is 9. The third kappa shape index (κ3) is 6.03. The summed E-state index contributed by atoms with van der Waals surface area (Å²) in [5.74, 6) is 1.05. The first-order valence-electron chi connectivity index (χ1n) is 7.81. The predicted octanol–water partition coefficient (Wildman–Crippen LogP) is 3.26. The Labute approximate surface area is 138 Å². The average Bonchev–Trinajstić information content (AvgIpc) is 2.58. The molecule has 0 spiro atoms. The van der Waals surface area contributed by atoms with Gasteiger partial charge in [-0.15, -0.1) is 0 Å². The summed E-state index contributed by atoms with van der Waals surface area (Å²) in [4.78, 5) is 14.0. The molecule has 1 amide bonds. The van der Waals surface area contributed by atoms with Gasteiger partial charge in [0.1, 0.15) is 6.07 Å². The van der Waals surface area contributed by atoms with Crippen molar-refractivity contribution in [3.05, 3.63) is 29.8 Å². The van der Waals surface area contributed by atoms with E-state index in [1.807, 2.05) is 24.0 Å². The summed E-state index contributed by atoms with van der Waals surface area (Å²) in [6.45, 7) is 5.53. The van der Waals surface area contributed by atoms with E-state index < -0.39 is 0 Å². The van der Waals surface area contributed by atoms with Crippen LogP contribution in [0.4, 0.5) is 0 Å². The van der Waals surface area contributed by atoms with Gasteiger partial charge in [0.05, 0.1) is 7.11 Å². The highest BCUT2D eigenvalue weighted by molar-refractivity contribution is 5.91. The summed E-state index contributed by atoms with van der Waals surface area (Å²) < 4.78 is 10.5. The van der Waals surface area contributed by atoms with Crippen LogP contribution in [0.3, 0.4) is 0 Å². The molecule has 1 aromatic carbocycles. The molecule has 0 unspecified atom stereocenters. The van der Waals surface area contributed by atoms with Gasteiger partial charge in [-0.1, -0.05) is 19.4 Å². The van der Waals surface area contributed by atoms with E-state index in [1.165, 1.54) is 7.11 Å². The molecule has 0 saturated heterocycles. The molecule has 0 aliphatic rings. The van der Waals surface area contributed by atoms with E-state index in [1.54, 1.807) is 24.3 Å². The molecule has 5 nitrogen and oxygen atoms in total. The lowest BCUT2D eigenvalue weighted by Crippen LogP contribution is -2.30. The molecule has 0 radical (unpaired) electrons. The van der Waals surface area contributed by atoms with Crippen LogP contribution < -0.4 is 9.47 Å². The van der Waals surface area contributed by atoms with Crippen molar-refractivity contribution in [3.8, 4) is 17.6 Å². The number of benzene rings is 1. The summed E-state index contributed by atoms with van der Waals surface area (Å²) in [6, 6.07) is 7.24. The SMILES string of the molecule is CCCCN(CC)C(=O)C=Cc1ccc(OCC#N)c(OC)c1. The lowest BCUT2D eigenvalue weighted by Gasteiger charge is -2.18. The minimum Gasteiger partial charge on any atom is -0.493 e. The molecule has 0 atom stereocenters. The van der Waals surface area contributed by atoms with Gasteiger partial charge in [-0.2, -0.15) is 5.26 Å². The van der Waals surface area contributed by atoms with Crippen LogP contribution in [0.5, 0.6) is 11.5 Å². The van der Waals surface area contributed by atoms with E-state index >= 15 is 0 Å². The molecule has 0 N–H and O–H groups in total. The van der Waals surface area contributed by atoms with Gasteiger partial charge in [0, 0.05) is 19.2 Å². The Bertz CT molecular complexity index is 576. The Morgan fingerprint density at radius 3 is 2.74 bits per heavy atom. The Kier molecular flexibility index (Phi) is 8.30. The molecule has 0 aromatic heterocycles. The van der Waals surface area contributed by atoms with Crippen molar-refractivity contribution in [2.45, 2.75) is 26.7 Å². The summed E-state index contributed by atoms with van der Waals surface area (Å²) in [5, 5.41) is 8.56. The second kappa shape index (κ2) is 10.3. The van der Waals surface area contributed by atoms with E-state index in [2.05, 4.69) is 6.92 Å². The molecule has 0 heterocycles. The van der Waals surface area contributed by atoms with Crippen molar-refractivity contribution < 1.29 is 14.3 Å². The van der Waals surface area contributed by atoms with Crippen molar-refractivity contribution in [1.82, 2.24) is 4.90 Å². The third-order valence-corrected chi connectivity index (χ3v) is 3.37. The maximum atomic E-state index is 12.2. The Morgan fingerprint density at radius 1 is 1.35 bits per heavy atom. The molecule has 23 heavy (non-hydrogen) atoms. The predicted molar refractivity (Wildman–Crippen MR) is 90.3 cm³/mol. The number of hydrogen-bond acceptors (Lipinski definition) is 4. The maximum Gasteiger partial charge on any atom is 0.246 e. The third-order valence-electron chi connectivity index (χ3n) is 3.37. The van der Waals surface area contributed by atoms with Crippen molar-refractivity contribution in [3.63, 3.8) is 0 Å². The largest absolute Gasteiger partial charge is 0.493 e. The van der Waals surface area contributed by atoms with Gasteiger partial charge >= 0.3 is 0 Å². The minimum atomic E-state index is -0.0348. The molecule has 5 heteroatoms. The van der Waals surface area contributed by atoms with E-state index in [9.17, 15) is 4.79 Å². The lowest BCUT2D eigenvalue weighted by molar-refractivity contribution is -0.125. The number of methoxy groups -OCH3 is 1. The van der Waals surface area contributed by atoms with Gasteiger partial charge < -0.3 is 14.4 Å². The molecule has 1 aromatic rings. The monoisotopic (exact) mass is 316 g/mol. The van der Waals surface area contributed by atoms with E-state index in [4.69, 9.17) is 14.7 Å². The number of hydrogen-bond donors (Lipinski definition) is 0. The zero-order chi connectivity index (χ0) is 17.1. The fraction of sp³-hybridized carbons (Fsp3) is 0.444. The van der Waals surface area contributed by atoms with E-state index in [0.29, 0.717) is 18.0 Å². The van der Waals surface area contributed by atoms with Crippen molar-refractivity contribution >= 4 is 12.0 Å². The summed E-state index contributed by atoms with van der Waals surface area (Å²) in [7, 11) is 1.54. The zero-order valence-electron chi connectivity index (χ0n) is 14.0. The molecular formula is C18H24N2O3. The van der Waals surface area contributed by atoms with E-state index in [0.717, 1.165) is 24.9 Å². The Balaban J connectivity index is 2.79. The van der Waals surface area contributed by atoms with Gasteiger partial charge in [0.2, 0.25) is 5.91 Å². The highest BCUT2D eigenvalue weighted by Gasteiger charge is 2.08. The second-order valence-electron chi connectivity index (χ2n) is 4.96. The summed E-state index contributed by atoms with van der Waals surface area (Å²) in [5.41, 5.74) is 0.839. The van der Waals surface area contributed by atoms with Gasteiger partial charge in [0.25, 0.3) is 0 Å². The number of carbonyl (C=O) groups excluding carboxylic acids is 1. The highest BCUT2D eigenvalue weighted by atomic mass is 16.5. The molecule has 0 aliphatic heterocycles. The zero-order valence-corrected chi connectivity index (χ0v) is 14.0. The lowest BCUT2D eigenvalue weighted by atomic mass is 10.2. The van der Waals surface area contributed by atoms with Crippen LogP contribution in [0.1, 0.15) is 32.3 Å². The van der Waals surface area contributed by atoms with Crippen molar-refractivity contribution in [2.75, 3.05) is 26.8 Å². The normalized spacial score (nSPS) is 10.3. The minimum absolute atomic E-state index is 0.00437. The summed E-state index contributed by atoms with van der Waals surface area (Å²) in [6.07, 6.45) is 5.40. The molecule has 0 aliphatic carbocycles. The Morgan fingerprint density at radius 2 is 2.13 bits per heavy atom. The fourth-order valence-corrected chi connectivity index (χ4v) is 2.06. The number of nitriles is 1. The van der Waals surface area contributed by atoms with Crippen LogP contribution in [0, 0.1) is 11.3 Å². The van der Waals surface area contributed by atoms with E-state index in [-0.39, 0.29) is 12.5 Å². The number of unbranched alkanes of at least 4 members (excludes halogenated alkanes) is 1. The van der Waals surface area contributed by atoms with Crippen LogP contribution in [0.25, 0.3) is 6.08 Å². The smallest absolute Gasteiger partial charge is 0.246 e. The quantitative estimate of drug-likeness (QED) is 0.656. The highest BCUT2D eigenvalue weighted by Crippen LogP contribution is 2.28. The topological polar surface area (TPSA) is 62.6 Å². The van der Waals surface area contributed by atoms with Crippen LogP contribution in [0.2, 0.25) is 0 Å². The van der Waals surface area contributed by atoms with Gasteiger partial charge in [-0.25, -0.2) is 0 Å². The number of amides is 1. The van der Waals surface area contributed by atoms with Crippen LogP contribution >= 0.6 is 0 Å². The molecule has 0 fully saturated rings. The number of ether oxygens (including phenoxy) is 2. The molecule has 0 saturated carbocycles. The molecule has 124 valence electrons. The Hall–Kier alpha value is -2.48. The first-order chi connectivity index (χ1) is 11.2. The van der Waals surface area contributed by atoms with Crippen molar-refractivity contribution in [1.29, 1.82) is 5.26 Å². The fourth-order valence-electron chi connectivity index (χ4n) is 2.06. The molecule has 0 bridgehead atoms. The second-order valence-corrected chi connectivity index (χ2v) is 4.96. The number of carbonyl (C=O) groups is 1. The van der Waals surface area contributed by atoms with Crippen LogP contribution in [-0.4, -0.2) is 37.6 Å². The molecule has 1 rings (SSSR count).